The van der Waals surface area contributed by atoms with Gasteiger partial charge < -0.3 is 9.64 Å². The molecule has 0 amide bonds. The van der Waals surface area contributed by atoms with Crippen LogP contribution in [0.4, 0.5) is 4.39 Å². The maximum absolute atomic E-state index is 13.8. The number of fused-ring (bicyclic) bond motifs is 1. The van der Waals surface area contributed by atoms with Crippen LogP contribution in [-0.4, -0.2) is 56.3 Å². The van der Waals surface area contributed by atoms with Crippen molar-refractivity contribution < 1.29 is 22.3 Å². The van der Waals surface area contributed by atoms with Crippen LogP contribution in [0.15, 0.2) is 50.5 Å². The number of amidine groups is 1. The Hall–Kier alpha value is -2.19. The summed E-state index contributed by atoms with van der Waals surface area (Å²) in [6.45, 7) is 2.12. The van der Waals surface area contributed by atoms with Gasteiger partial charge in [0.1, 0.15) is 11.9 Å². The number of aliphatic imine (C=N–C) groups is 1. The molecule has 0 saturated carbocycles. The number of rotatable bonds is 7. The number of ether oxygens (including phenoxy) is 1. The average molecular weight is 558 g/mol. The van der Waals surface area contributed by atoms with Crippen LogP contribution in [0.25, 0.3) is 0 Å². The van der Waals surface area contributed by atoms with Crippen molar-refractivity contribution in [2.45, 2.75) is 25.4 Å². The molecule has 2 aliphatic rings. The van der Waals surface area contributed by atoms with Crippen LogP contribution < -0.4 is 9.44 Å². The van der Waals surface area contributed by atoms with Crippen LogP contribution in [-0.2, 0) is 19.7 Å². The zero-order chi connectivity index (χ0) is 23.8. The van der Waals surface area contributed by atoms with E-state index < -0.39 is 34.1 Å². The van der Waals surface area contributed by atoms with E-state index in [1.165, 1.54) is 30.5 Å². The minimum atomic E-state index is -3.71. The summed E-state index contributed by atoms with van der Waals surface area (Å²) in [5, 5.41) is 2.43. The average Bonchev–Trinajstić information content (AvgIpc) is 3.42. The van der Waals surface area contributed by atoms with Gasteiger partial charge >= 0.3 is 5.97 Å². The Kier molecular flexibility index (Phi) is 6.96. The smallest absolute Gasteiger partial charge is 0.338 e. The number of hydrogen-bond acceptors (Lipinski definition) is 8. The molecule has 1 aromatic carbocycles. The van der Waals surface area contributed by atoms with E-state index in [9.17, 15) is 17.6 Å². The largest absolute Gasteiger partial charge is 0.463 e. The molecule has 1 aromatic heterocycles. The highest BCUT2D eigenvalue weighted by Gasteiger charge is 2.43. The normalized spacial score (nSPS) is 20.6. The third-order valence-electron chi connectivity index (χ3n) is 5.23. The number of hydrogen-bond donors (Lipinski definition) is 2. The minimum absolute atomic E-state index is 0.159. The highest BCUT2D eigenvalue weighted by Crippen LogP contribution is 2.42. The first-order valence-corrected chi connectivity index (χ1v) is 13.2. The lowest BCUT2D eigenvalue weighted by Crippen LogP contribution is -2.43. The van der Waals surface area contributed by atoms with Crippen LogP contribution in [0.1, 0.15) is 30.0 Å². The van der Waals surface area contributed by atoms with Crippen molar-refractivity contribution in [3.63, 3.8) is 0 Å². The topological polar surface area (TPSA) is 113 Å². The fourth-order valence-electron chi connectivity index (χ4n) is 3.87. The summed E-state index contributed by atoms with van der Waals surface area (Å²) in [4.78, 5) is 24.1. The first-order chi connectivity index (χ1) is 15.7. The van der Waals surface area contributed by atoms with Gasteiger partial charge in [0.05, 0.1) is 12.2 Å². The Morgan fingerprint density at radius 1 is 1.42 bits per heavy atom. The Bertz CT molecular complexity index is 1230. The molecule has 33 heavy (non-hydrogen) atoms. The molecule has 9 nitrogen and oxygen atoms in total. The van der Waals surface area contributed by atoms with Crippen molar-refractivity contribution in [1.29, 1.82) is 0 Å². The van der Waals surface area contributed by atoms with Crippen LogP contribution in [0.2, 0.25) is 0 Å². The van der Waals surface area contributed by atoms with Gasteiger partial charge in [-0.2, -0.15) is 13.1 Å². The standard InChI is InChI=1S/C20H21BrFN5O4S2/c1-3-31-20(28)16-15-9-12(26-33(29,30)23-2)10-27(15)18(19-24-6-7-32-19)25-17(16)13-5-4-11(22)8-14(13)21/h4-8,12,17,23,26H,3,9-10H2,1-2H3/t12-,17+/m1/s1. The fourth-order valence-corrected chi connectivity index (χ4v) is 5.79. The van der Waals surface area contributed by atoms with Crippen molar-refractivity contribution in [1.82, 2.24) is 19.3 Å². The van der Waals surface area contributed by atoms with E-state index in [1.807, 2.05) is 10.3 Å². The van der Waals surface area contributed by atoms with Crippen LogP contribution >= 0.6 is 27.3 Å². The molecular formula is C20H21BrFN5O4S2. The maximum Gasteiger partial charge on any atom is 0.338 e. The number of carbonyl (C=O) groups excluding carboxylic acids is 1. The van der Waals surface area contributed by atoms with Crippen molar-refractivity contribution in [2.75, 3.05) is 20.2 Å². The second-order valence-corrected chi connectivity index (χ2v) is 10.7. The molecule has 3 heterocycles. The van der Waals surface area contributed by atoms with E-state index >= 15 is 0 Å². The predicted molar refractivity (Wildman–Crippen MR) is 125 cm³/mol. The summed E-state index contributed by atoms with van der Waals surface area (Å²) in [6, 6.07) is 2.88. The Morgan fingerprint density at radius 3 is 2.85 bits per heavy atom. The highest BCUT2D eigenvalue weighted by molar-refractivity contribution is 9.10. The molecule has 2 aromatic rings. The Balaban J connectivity index is 1.88. The van der Waals surface area contributed by atoms with E-state index in [1.54, 1.807) is 19.2 Å². The van der Waals surface area contributed by atoms with Gasteiger partial charge in [0.25, 0.3) is 10.2 Å². The van der Waals surface area contributed by atoms with Crippen molar-refractivity contribution >= 4 is 49.3 Å². The number of thiazole rings is 1. The van der Waals surface area contributed by atoms with E-state index in [0.29, 0.717) is 26.6 Å². The lowest BCUT2D eigenvalue weighted by Gasteiger charge is -2.31. The molecule has 0 unspecified atom stereocenters. The SMILES string of the molecule is CCOC(=O)C1=C2C[C@@H](NS(=O)(=O)NC)CN2C(c2nccs2)=N[C@H]1c1ccc(F)cc1Br. The summed E-state index contributed by atoms with van der Waals surface area (Å²) < 4.78 is 48.7. The summed E-state index contributed by atoms with van der Waals surface area (Å²) in [5.41, 5.74) is 1.47. The molecular weight excluding hydrogens is 537 g/mol. The van der Waals surface area contributed by atoms with Gasteiger partial charge in [-0.1, -0.05) is 22.0 Å². The summed E-state index contributed by atoms with van der Waals surface area (Å²) in [7, 11) is -2.39. The summed E-state index contributed by atoms with van der Waals surface area (Å²) in [5.74, 6) is -0.474. The molecule has 2 aliphatic heterocycles. The monoisotopic (exact) mass is 557 g/mol. The lowest BCUT2D eigenvalue weighted by molar-refractivity contribution is -0.139. The quantitative estimate of drug-likeness (QED) is 0.505. The molecule has 0 radical (unpaired) electrons. The predicted octanol–water partition coefficient (Wildman–Crippen LogP) is 2.49. The number of benzene rings is 1. The lowest BCUT2D eigenvalue weighted by atomic mass is 9.94. The van der Waals surface area contributed by atoms with E-state index in [2.05, 4.69) is 30.4 Å². The Morgan fingerprint density at radius 2 is 2.21 bits per heavy atom. The molecule has 1 fully saturated rings. The molecule has 2 atom stereocenters. The highest BCUT2D eigenvalue weighted by atomic mass is 79.9. The van der Waals surface area contributed by atoms with E-state index in [-0.39, 0.29) is 25.1 Å². The molecule has 0 spiro atoms. The summed E-state index contributed by atoms with van der Waals surface area (Å²) in [6.07, 6.45) is 1.89. The molecule has 4 rings (SSSR count). The zero-order valence-corrected chi connectivity index (χ0v) is 20.9. The number of aromatic nitrogens is 1. The maximum atomic E-state index is 13.8. The van der Waals surface area contributed by atoms with Gasteiger partial charge in [0.2, 0.25) is 0 Å². The molecule has 2 N–H and O–H groups in total. The first kappa shape index (κ1) is 24.0. The molecule has 0 bridgehead atoms. The number of esters is 1. The summed E-state index contributed by atoms with van der Waals surface area (Å²) >= 11 is 4.77. The van der Waals surface area contributed by atoms with Gasteiger partial charge in [-0.25, -0.2) is 18.9 Å². The van der Waals surface area contributed by atoms with E-state index in [0.717, 1.165) is 0 Å². The fraction of sp³-hybridized carbons (Fsp3) is 0.350. The molecule has 13 heteroatoms. The van der Waals surface area contributed by atoms with Gasteiger partial charge in [0, 0.05) is 47.8 Å². The second-order valence-electron chi connectivity index (χ2n) is 7.28. The van der Waals surface area contributed by atoms with Gasteiger partial charge in [-0.3, -0.25) is 4.99 Å². The second kappa shape index (κ2) is 9.58. The third-order valence-corrected chi connectivity index (χ3v) is 7.86. The van der Waals surface area contributed by atoms with Gasteiger partial charge in [-0.05, 0) is 24.6 Å². The third kappa shape index (κ3) is 4.87. The zero-order valence-electron chi connectivity index (χ0n) is 17.7. The van der Waals surface area contributed by atoms with Crippen LogP contribution in [0.5, 0.6) is 0 Å². The number of nitrogens with one attached hydrogen (secondary N) is 2. The van der Waals surface area contributed by atoms with Crippen molar-refractivity contribution in [2.24, 2.45) is 4.99 Å². The molecule has 1 saturated heterocycles. The minimum Gasteiger partial charge on any atom is -0.463 e. The molecule has 176 valence electrons. The van der Waals surface area contributed by atoms with Gasteiger partial charge in [0.15, 0.2) is 10.8 Å². The van der Waals surface area contributed by atoms with Crippen molar-refractivity contribution in [3.05, 3.63) is 61.9 Å². The van der Waals surface area contributed by atoms with Crippen LogP contribution in [0, 0.1) is 5.82 Å². The van der Waals surface area contributed by atoms with Gasteiger partial charge in [-0.15, -0.1) is 11.3 Å². The number of carbonyl (C=O) groups is 1. The van der Waals surface area contributed by atoms with E-state index in [4.69, 9.17) is 9.73 Å². The number of nitrogens with zero attached hydrogens (tertiary/aromatic N) is 3. The van der Waals surface area contributed by atoms with Crippen molar-refractivity contribution in [3.8, 4) is 0 Å². The van der Waals surface area contributed by atoms with Crippen LogP contribution in [0.3, 0.4) is 0 Å². The Labute approximate surface area is 203 Å². The first-order valence-electron chi connectivity index (χ1n) is 10.0. The number of halogens is 2. The molecule has 0 aliphatic carbocycles.